The number of hydrogen-bond donors (Lipinski definition) is 3. The summed E-state index contributed by atoms with van der Waals surface area (Å²) in [6.07, 6.45) is 5.66. The fraction of sp³-hybridized carbons (Fsp3) is 0.333. The second-order valence-electron chi connectivity index (χ2n) is 6.17. The molecule has 1 amide bonds. The van der Waals surface area contributed by atoms with E-state index in [0.717, 1.165) is 18.2 Å². The zero-order valence-corrected chi connectivity index (χ0v) is 13.5. The highest BCUT2D eigenvalue weighted by molar-refractivity contribution is 7.90. The fourth-order valence-corrected chi connectivity index (χ4v) is 3.70. The third kappa shape index (κ3) is 2.34. The highest BCUT2D eigenvalue weighted by Gasteiger charge is 2.48. The van der Waals surface area contributed by atoms with Crippen molar-refractivity contribution in [2.45, 2.75) is 24.4 Å². The van der Waals surface area contributed by atoms with E-state index in [-0.39, 0.29) is 17.0 Å². The Bertz CT molecular complexity index is 901. The molecule has 0 bridgehead atoms. The number of anilines is 1. The van der Waals surface area contributed by atoms with Crippen LogP contribution in [0.25, 0.3) is 0 Å². The Morgan fingerprint density at radius 2 is 2.22 bits per heavy atom. The molecule has 2 atom stereocenters. The highest BCUT2D eigenvalue weighted by Crippen LogP contribution is 2.50. The highest BCUT2D eigenvalue weighted by atomic mass is 32.2. The maximum absolute atomic E-state index is 12.5. The van der Waals surface area contributed by atoms with Crippen molar-refractivity contribution in [3.05, 3.63) is 40.7 Å². The number of fused-ring (bicyclic) bond motifs is 3. The van der Waals surface area contributed by atoms with Crippen LogP contribution in [0.4, 0.5) is 5.69 Å². The molecule has 1 fully saturated rings. The van der Waals surface area contributed by atoms with Gasteiger partial charge in [-0.05, 0) is 25.0 Å². The van der Waals surface area contributed by atoms with Crippen molar-refractivity contribution < 1.29 is 13.2 Å². The molecule has 1 aromatic heterocycles. The Kier molecular flexibility index (Phi) is 2.91. The molecule has 2 unspecified atom stereocenters. The summed E-state index contributed by atoms with van der Waals surface area (Å²) >= 11 is 0. The van der Waals surface area contributed by atoms with E-state index >= 15 is 0 Å². The number of sulfone groups is 1. The zero-order chi connectivity index (χ0) is 16.4. The molecule has 3 N–H and O–H groups in total. The van der Waals surface area contributed by atoms with Gasteiger partial charge in [0.25, 0.3) is 5.91 Å². The van der Waals surface area contributed by atoms with Crippen LogP contribution in [0.3, 0.4) is 0 Å². The predicted molar refractivity (Wildman–Crippen MR) is 84.0 cm³/mol. The van der Waals surface area contributed by atoms with E-state index in [1.807, 2.05) is 0 Å². The molecule has 4 rings (SSSR count). The van der Waals surface area contributed by atoms with Crippen molar-refractivity contribution in [3.63, 3.8) is 0 Å². The van der Waals surface area contributed by atoms with Crippen LogP contribution in [0, 0.1) is 12.8 Å². The van der Waals surface area contributed by atoms with Gasteiger partial charge in [0.2, 0.25) is 0 Å². The minimum Gasteiger partial charge on any atom is -0.319 e. The van der Waals surface area contributed by atoms with Crippen LogP contribution >= 0.6 is 0 Å². The first-order valence-corrected chi connectivity index (χ1v) is 9.18. The summed E-state index contributed by atoms with van der Waals surface area (Å²) in [5.74, 6) is 0.269. The summed E-state index contributed by atoms with van der Waals surface area (Å²) in [6.45, 7) is 1.74. The van der Waals surface area contributed by atoms with Crippen LogP contribution in [-0.4, -0.2) is 31.6 Å². The lowest BCUT2D eigenvalue weighted by molar-refractivity contribution is -0.113. The zero-order valence-electron chi connectivity index (χ0n) is 12.7. The number of hydrogen-bond acceptors (Lipinski definition) is 6. The van der Waals surface area contributed by atoms with E-state index in [1.54, 1.807) is 6.92 Å². The van der Waals surface area contributed by atoms with Gasteiger partial charge in [-0.3, -0.25) is 4.79 Å². The second kappa shape index (κ2) is 4.65. The lowest BCUT2D eigenvalue weighted by Gasteiger charge is -2.10. The molecule has 2 aliphatic carbocycles. The van der Waals surface area contributed by atoms with E-state index in [4.69, 9.17) is 0 Å². The van der Waals surface area contributed by atoms with Gasteiger partial charge in [0.1, 0.15) is 5.70 Å². The minimum atomic E-state index is -3.36. The van der Waals surface area contributed by atoms with Gasteiger partial charge in [0.05, 0.1) is 17.9 Å². The third-order valence-electron chi connectivity index (χ3n) is 4.43. The molecule has 120 valence electrons. The quantitative estimate of drug-likeness (QED) is 0.742. The number of aryl methyl sites for hydroxylation is 1. The summed E-state index contributed by atoms with van der Waals surface area (Å²) in [5, 5.41) is 2.78. The normalized spacial score (nSPS) is 24.7. The fourth-order valence-electron chi connectivity index (χ4n) is 3.06. The van der Waals surface area contributed by atoms with Crippen molar-refractivity contribution in [3.8, 4) is 0 Å². The number of nitrogens with zero attached hydrogens (tertiary/aromatic N) is 1. The lowest BCUT2D eigenvalue weighted by atomic mass is 10.1. The van der Waals surface area contributed by atoms with Crippen LogP contribution < -0.4 is 16.2 Å². The van der Waals surface area contributed by atoms with Crippen LogP contribution in [0.5, 0.6) is 0 Å². The monoisotopic (exact) mass is 332 g/mol. The van der Waals surface area contributed by atoms with Gasteiger partial charge in [-0.15, -0.1) is 0 Å². The first-order chi connectivity index (χ1) is 10.8. The summed E-state index contributed by atoms with van der Waals surface area (Å²) in [7, 11) is -3.36. The first-order valence-electron chi connectivity index (χ1n) is 7.29. The molecular formula is C15H16N4O3S. The van der Waals surface area contributed by atoms with Crippen molar-refractivity contribution in [1.82, 2.24) is 15.8 Å². The smallest absolute Gasteiger partial charge is 0.273 e. The van der Waals surface area contributed by atoms with E-state index < -0.39 is 9.84 Å². The van der Waals surface area contributed by atoms with E-state index in [9.17, 15) is 13.2 Å². The van der Waals surface area contributed by atoms with Crippen molar-refractivity contribution in [2.24, 2.45) is 5.92 Å². The SMILES string of the molecule is Cc1cc(S(C)(=O)=O)ncc1NC(=O)C1=C2C=C3CC3C2NN1. The van der Waals surface area contributed by atoms with Crippen LogP contribution in [0.1, 0.15) is 12.0 Å². The molecule has 0 radical (unpaired) electrons. The van der Waals surface area contributed by atoms with Gasteiger partial charge in [-0.1, -0.05) is 11.6 Å². The number of amides is 1. The van der Waals surface area contributed by atoms with Gasteiger partial charge in [-0.25, -0.2) is 18.8 Å². The summed E-state index contributed by atoms with van der Waals surface area (Å²) in [5.41, 5.74) is 10.1. The number of aromatic nitrogens is 1. The number of nitrogens with one attached hydrogen (secondary N) is 3. The van der Waals surface area contributed by atoms with Crippen LogP contribution in [-0.2, 0) is 14.6 Å². The van der Waals surface area contributed by atoms with Gasteiger partial charge in [-0.2, -0.15) is 0 Å². The summed E-state index contributed by atoms with van der Waals surface area (Å²) in [4.78, 5) is 16.4. The standard InChI is InChI=1S/C15H16N4O3S/c1-7-3-12(23(2,21)22)16-6-11(7)17-15(20)14-10-5-8-4-9(8)13(10)18-19-14/h3,5-6,9,13,18-19H,4H2,1-2H3,(H,17,20). The molecule has 0 spiro atoms. The molecule has 1 aliphatic heterocycles. The first kappa shape index (κ1) is 14.4. The number of carbonyl (C=O) groups is 1. The van der Waals surface area contributed by atoms with Gasteiger partial charge in [0.15, 0.2) is 14.9 Å². The Balaban J connectivity index is 1.58. The van der Waals surface area contributed by atoms with E-state index in [1.165, 1.54) is 17.8 Å². The Morgan fingerprint density at radius 1 is 1.43 bits per heavy atom. The molecule has 0 aromatic carbocycles. The number of pyridine rings is 1. The molecule has 2 heterocycles. The maximum Gasteiger partial charge on any atom is 0.273 e. The average molecular weight is 332 g/mol. The Labute approximate surface area is 133 Å². The molecule has 0 saturated heterocycles. The van der Waals surface area contributed by atoms with Crippen LogP contribution in [0.15, 0.2) is 40.2 Å². The molecule has 8 heteroatoms. The lowest BCUT2D eigenvalue weighted by Crippen LogP contribution is -2.35. The van der Waals surface area contributed by atoms with Gasteiger partial charge >= 0.3 is 0 Å². The van der Waals surface area contributed by atoms with Crippen molar-refractivity contribution in [2.75, 3.05) is 11.6 Å². The van der Waals surface area contributed by atoms with E-state index in [0.29, 0.717) is 22.9 Å². The van der Waals surface area contributed by atoms with Crippen molar-refractivity contribution in [1.29, 1.82) is 0 Å². The number of rotatable bonds is 3. The van der Waals surface area contributed by atoms with E-state index in [2.05, 4.69) is 27.2 Å². The molecule has 23 heavy (non-hydrogen) atoms. The average Bonchev–Trinajstić information content (AvgIpc) is 2.95. The number of carbonyl (C=O) groups excluding carboxylic acids is 1. The minimum absolute atomic E-state index is 0.00337. The maximum atomic E-state index is 12.5. The second-order valence-corrected chi connectivity index (χ2v) is 8.13. The molecular weight excluding hydrogens is 316 g/mol. The molecule has 3 aliphatic rings. The molecule has 1 saturated carbocycles. The van der Waals surface area contributed by atoms with Crippen molar-refractivity contribution >= 4 is 21.4 Å². The summed E-state index contributed by atoms with van der Waals surface area (Å²) < 4.78 is 23.0. The predicted octanol–water partition coefficient (Wildman–Crippen LogP) is 0.422. The number of hydrazine groups is 1. The molecule has 7 nitrogen and oxygen atoms in total. The third-order valence-corrected chi connectivity index (χ3v) is 5.42. The van der Waals surface area contributed by atoms with Gasteiger partial charge < -0.3 is 10.7 Å². The summed E-state index contributed by atoms with van der Waals surface area (Å²) in [6, 6.07) is 1.65. The largest absolute Gasteiger partial charge is 0.319 e. The Morgan fingerprint density at radius 3 is 2.91 bits per heavy atom. The molecule has 1 aromatic rings. The topological polar surface area (TPSA) is 100 Å². The Hall–Kier alpha value is -2.19. The van der Waals surface area contributed by atoms with Gasteiger partial charge in [0, 0.05) is 17.7 Å². The van der Waals surface area contributed by atoms with Crippen LogP contribution in [0.2, 0.25) is 0 Å².